The molecule has 3 N–H and O–H groups in total. The molecule has 0 bridgehead atoms. The van der Waals surface area contributed by atoms with Gasteiger partial charge in [-0.25, -0.2) is 4.98 Å². The predicted octanol–water partition coefficient (Wildman–Crippen LogP) is -0.827. The van der Waals surface area contributed by atoms with E-state index >= 15 is 0 Å². The minimum absolute atomic E-state index is 0.00620. The second-order valence-electron chi connectivity index (χ2n) is 3.36. The summed E-state index contributed by atoms with van der Waals surface area (Å²) in [5.41, 5.74) is 0. The summed E-state index contributed by atoms with van der Waals surface area (Å²) in [5.74, 6) is 0.665. The van der Waals surface area contributed by atoms with E-state index in [-0.39, 0.29) is 5.91 Å². The van der Waals surface area contributed by atoms with Crippen molar-refractivity contribution in [1.29, 1.82) is 0 Å². The van der Waals surface area contributed by atoms with Gasteiger partial charge in [-0.3, -0.25) is 9.89 Å². The number of carbonyl (C=O) groups excluding carboxylic acids is 1. The number of H-pyrrole nitrogens is 1. The van der Waals surface area contributed by atoms with Gasteiger partial charge in [0, 0.05) is 6.04 Å². The van der Waals surface area contributed by atoms with Crippen molar-refractivity contribution in [3.05, 3.63) is 12.2 Å². The maximum Gasteiger partial charge on any atom is 0.234 e. The van der Waals surface area contributed by atoms with Crippen LogP contribution >= 0.6 is 0 Å². The van der Waals surface area contributed by atoms with Gasteiger partial charge >= 0.3 is 0 Å². The molecule has 0 aliphatic heterocycles. The number of nitrogens with one attached hydrogen (secondary N) is 3. The zero-order valence-corrected chi connectivity index (χ0v) is 7.79. The maximum atomic E-state index is 11.2. The second kappa shape index (κ2) is 4.19. The van der Waals surface area contributed by atoms with E-state index < -0.39 is 0 Å². The Labute approximate surface area is 81.5 Å². The number of nitrogens with zero attached hydrogens (tertiary/aromatic N) is 2. The fourth-order valence-corrected chi connectivity index (χ4v) is 1.09. The van der Waals surface area contributed by atoms with Crippen LogP contribution in [0.25, 0.3) is 0 Å². The molecule has 6 nitrogen and oxygen atoms in total. The van der Waals surface area contributed by atoms with E-state index in [1.807, 2.05) is 0 Å². The molecule has 0 aromatic carbocycles. The molecule has 1 fully saturated rings. The van der Waals surface area contributed by atoms with Crippen LogP contribution in [0.15, 0.2) is 6.33 Å². The molecule has 1 saturated carbocycles. The van der Waals surface area contributed by atoms with Gasteiger partial charge < -0.3 is 10.6 Å². The van der Waals surface area contributed by atoms with Gasteiger partial charge in [0.05, 0.1) is 13.1 Å². The highest BCUT2D eigenvalue weighted by molar-refractivity contribution is 5.77. The zero-order valence-electron chi connectivity index (χ0n) is 7.79. The fraction of sp³-hybridized carbons (Fsp3) is 0.625. The summed E-state index contributed by atoms with van der Waals surface area (Å²) in [6.07, 6.45) is 3.80. The Balaban J connectivity index is 1.62. The van der Waals surface area contributed by atoms with Gasteiger partial charge in [0.1, 0.15) is 12.2 Å². The van der Waals surface area contributed by atoms with Gasteiger partial charge in [-0.1, -0.05) is 0 Å². The van der Waals surface area contributed by atoms with Crippen LogP contribution in [0.1, 0.15) is 18.7 Å². The van der Waals surface area contributed by atoms with Crippen molar-refractivity contribution in [2.75, 3.05) is 6.54 Å². The molecule has 2 rings (SSSR count). The molecular formula is C8H13N5O. The van der Waals surface area contributed by atoms with Crippen molar-refractivity contribution in [3.63, 3.8) is 0 Å². The topological polar surface area (TPSA) is 82.7 Å². The van der Waals surface area contributed by atoms with Crippen molar-refractivity contribution >= 4 is 5.91 Å². The lowest BCUT2D eigenvalue weighted by molar-refractivity contribution is -0.120. The Bertz CT molecular complexity index is 293. The predicted molar refractivity (Wildman–Crippen MR) is 49.3 cm³/mol. The van der Waals surface area contributed by atoms with Crippen molar-refractivity contribution in [2.45, 2.75) is 25.4 Å². The lowest BCUT2D eigenvalue weighted by Crippen LogP contribution is -2.34. The van der Waals surface area contributed by atoms with E-state index in [1.54, 1.807) is 0 Å². The molecule has 1 aliphatic rings. The molecule has 0 unspecified atom stereocenters. The SMILES string of the molecule is O=C(CNC1CC1)NCc1ncn[nH]1. The molecular weight excluding hydrogens is 182 g/mol. The lowest BCUT2D eigenvalue weighted by atomic mass is 10.5. The average Bonchev–Trinajstić information content (AvgIpc) is 2.87. The zero-order chi connectivity index (χ0) is 9.80. The summed E-state index contributed by atoms with van der Waals surface area (Å²) < 4.78 is 0. The first kappa shape index (κ1) is 9.14. The summed E-state index contributed by atoms with van der Waals surface area (Å²) in [6.45, 7) is 0.796. The molecule has 0 spiro atoms. The van der Waals surface area contributed by atoms with Gasteiger partial charge in [0.25, 0.3) is 0 Å². The highest BCUT2D eigenvalue weighted by Crippen LogP contribution is 2.17. The fourth-order valence-electron chi connectivity index (χ4n) is 1.09. The summed E-state index contributed by atoms with van der Waals surface area (Å²) in [7, 11) is 0. The number of hydrogen-bond donors (Lipinski definition) is 3. The Hall–Kier alpha value is -1.43. The number of rotatable bonds is 5. The number of amides is 1. The number of aromatic amines is 1. The van der Waals surface area contributed by atoms with Crippen LogP contribution < -0.4 is 10.6 Å². The summed E-state index contributed by atoms with van der Waals surface area (Å²) in [6, 6.07) is 0.561. The van der Waals surface area contributed by atoms with Crippen LogP contribution in [0.3, 0.4) is 0 Å². The standard InChI is InChI=1S/C8H13N5O/c14-8(4-9-6-1-2-6)10-3-7-11-5-12-13-7/h5-6,9H,1-4H2,(H,10,14)(H,11,12,13). The molecule has 1 heterocycles. The van der Waals surface area contributed by atoms with Crippen molar-refractivity contribution in [3.8, 4) is 0 Å². The molecule has 1 aliphatic carbocycles. The van der Waals surface area contributed by atoms with Gasteiger partial charge in [-0.05, 0) is 12.8 Å². The van der Waals surface area contributed by atoms with Gasteiger partial charge in [-0.2, -0.15) is 5.10 Å². The minimum atomic E-state index is -0.00620. The summed E-state index contributed by atoms with van der Waals surface area (Å²) in [5, 5.41) is 12.2. The Morgan fingerprint density at radius 3 is 3.14 bits per heavy atom. The molecule has 0 atom stereocenters. The van der Waals surface area contributed by atoms with Crippen LogP contribution in [0.2, 0.25) is 0 Å². The van der Waals surface area contributed by atoms with E-state index in [2.05, 4.69) is 25.8 Å². The Morgan fingerprint density at radius 2 is 2.50 bits per heavy atom. The molecule has 1 aromatic heterocycles. The number of carbonyl (C=O) groups is 1. The van der Waals surface area contributed by atoms with E-state index in [0.29, 0.717) is 25.0 Å². The van der Waals surface area contributed by atoms with Crippen molar-refractivity contribution in [2.24, 2.45) is 0 Å². The third kappa shape index (κ3) is 2.81. The Kier molecular flexibility index (Phi) is 2.73. The van der Waals surface area contributed by atoms with Crippen LogP contribution in [0, 0.1) is 0 Å². The van der Waals surface area contributed by atoms with E-state index in [0.717, 1.165) is 0 Å². The highest BCUT2D eigenvalue weighted by atomic mass is 16.1. The number of aromatic nitrogens is 3. The van der Waals surface area contributed by atoms with Gasteiger partial charge in [0.2, 0.25) is 5.91 Å². The minimum Gasteiger partial charge on any atom is -0.348 e. The third-order valence-electron chi connectivity index (χ3n) is 2.05. The largest absolute Gasteiger partial charge is 0.348 e. The highest BCUT2D eigenvalue weighted by Gasteiger charge is 2.20. The normalized spacial score (nSPS) is 15.4. The van der Waals surface area contributed by atoms with Crippen LogP contribution in [0.4, 0.5) is 0 Å². The average molecular weight is 195 g/mol. The maximum absolute atomic E-state index is 11.2. The van der Waals surface area contributed by atoms with E-state index in [9.17, 15) is 4.79 Å². The molecule has 76 valence electrons. The first-order valence-corrected chi connectivity index (χ1v) is 4.69. The molecule has 1 amide bonds. The van der Waals surface area contributed by atoms with Crippen molar-refractivity contribution < 1.29 is 4.79 Å². The van der Waals surface area contributed by atoms with Crippen LogP contribution in [-0.4, -0.2) is 33.7 Å². The second-order valence-corrected chi connectivity index (χ2v) is 3.36. The van der Waals surface area contributed by atoms with E-state index in [1.165, 1.54) is 19.2 Å². The molecule has 6 heteroatoms. The smallest absolute Gasteiger partial charge is 0.234 e. The van der Waals surface area contributed by atoms with Crippen LogP contribution in [0.5, 0.6) is 0 Å². The first-order valence-electron chi connectivity index (χ1n) is 4.69. The van der Waals surface area contributed by atoms with Gasteiger partial charge in [-0.15, -0.1) is 0 Å². The number of hydrogen-bond acceptors (Lipinski definition) is 4. The summed E-state index contributed by atoms with van der Waals surface area (Å²) >= 11 is 0. The third-order valence-corrected chi connectivity index (χ3v) is 2.05. The van der Waals surface area contributed by atoms with Crippen molar-refractivity contribution in [1.82, 2.24) is 25.8 Å². The van der Waals surface area contributed by atoms with Crippen LogP contribution in [-0.2, 0) is 11.3 Å². The first-order chi connectivity index (χ1) is 6.84. The quantitative estimate of drug-likeness (QED) is 0.573. The van der Waals surface area contributed by atoms with E-state index in [4.69, 9.17) is 0 Å². The molecule has 14 heavy (non-hydrogen) atoms. The monoisotopic (exact) mass is 195 g/mol. The Morgan fingerprint density at radius 1 is 1.64 bits per heavy atom. The molecule has 0 saturated heterocycles. The molecule has 0 radical (unpaired) electrons. The molecule has 1 aromatic rings. The lowest BCUT2D eigenvalue weighted by Gasteiger charge is -2.03. The van der Waals surface area contributed by atoms with Gasteiger partial charge in [0.15, 0.2) is 0 Å². The summed E-state index contributed by atoms with van der Waals surface area (Å²) in [4.78, 5) is 15.1.